The molecule has 0 spiro atoms. The van der Waals surface area contributed by atoms with Gasteiger partial charge in [-0.1, -0.05) is 38.1 Å². The van der Waals surface area contributed by atoms with Crippen molar-refractivity contribution in [2.75, 3.05) is 6.54 Å². The minimum absolute atomic E-state index is 0.394. The van der Waals surface area contributed by atoms with Crippen molar-refractivity contribution >= 4 is 0 Å². The Morgan fingerprint density at radius 3 is 2.90 bits per heavy atom. The highest BCUT2D eigenvalue weighted by Gasteiger charge is 2.33. The molecule has 21 heavy (non-hydrogen) atoms. The number of aromatic nitrogens is 2. The average Bonchev–Trinajstić information content (AvgIpc) is 2.92. The molecule has 3 heteroatoms. The van der Waals surface area contributed by atoms with Crippen LogP contribution in [0, 0.1) is 0 Å². The highest BCUT2D eigenvalue weighted by molar-refractivity contribution is 5.42. The van der Waals surface area contributed by atoms with Crippen LogP contribution in [0.2, 0.25) is 0 Å². The Kier molecular flexibility index (Phi) is 4.39. The molecule has 1 N–H and O–H groups in total. The van der Waals surface area contributed by atoms with Crippen molar-refractivity contribution in [1.82, 2.24) is 15.1 Å². The third kappa shape index (κ3) is 2.88. The van der Waals surface area contributed by atoms with Crippen LogP contribution in [-0.2, 0) is 13.0 Å². The monoisotopic (exact) mass is 283 g/mol. The van der Waals surface area contributed by atoms with Gasteiger partial charge in [-0.15, -0.1) is 0 Å². The summed E-state index contributed by atoms with van der Waals surface area (Å²) in [6.07, 6.45) is 7.73. The first-order valence-electron chi connectivity index (χ1n) is 8.17. The van der Waals surface area contributed by atoms with E-state index in [0.29, 0.717) is 12.0 Å². The molecular formula is C18H25N3. The summed E-state index contributed by atoms with van der Waals surface area (Å²) in [5.41, 5.74) is 4.34. The predicted octanol–water partition coefficient (Wildman–Crippen LogP) is 3.67. The summed E-state index contributed by atoms with van der Waals surface area (Å²) in [7, 11) is 0. The molecular weight excluding hydrogens is 258 g/mol. The van der Waals surface area contributed by atoms with Crippen molar-refractivity contribution in [3.8, 4) is 0 Å². The Bertz CT molecular complexity index is 588. The van der Waals surface area contributed by atoms with Crippen LogP contribution < -0.4 is 5.32 Å². The van der Waals surface area contributed by atoms with Crippen LogP contribution in [0.5, 0.6) is 0 Å². The van der Waals surface area contributed by atoms with Crippen molar-refractivity contribution in [2.24, 2.45) is 0 Å². The van der Waals surface area contributed by atoms with Gasteiger partial charge in [0.15, 0.2) is 0 Å². The number of fused-ring (bicyclic) bond motifs is 1. The Hall–Kier alpha value is -1.61. The maximum Gasteiger partial charge on any atom is 0.0537 e. The molecule has 3 rings (SSSR count). The molecule has 0 fully saturated rings. The van der Waals surface area contributed by atoms with E-state index in [4.69, 9.17) is 0 Å². The van der Waals surface area contributed by atoms with Crippen LogP contribution in [0.1, 0.15) is 55.3 Å². The van der Waals surface area contributed by atoms with E-state index in [9.17, 15) is 0 Å². The lowest BCUT2D eigenvalue weighted by atomic mass is 9.72. The molecule has 1 aliphatic carbocycles. The molecule has 0 aliphatic heterocycles. The summed E-state index contributed by atoms with van der Waals surface area (Å²) in [6, 6.07) is 9.22. The first-order chi connectivity index (χ1) is 10.3. The maximum atomic E-state index is 4.51. The standard InChI is InChI=1S/C18H25N3/c1-3-9-19-18(15-12-20-21(13-15)10-4-2)17-11-14-7-5-6-8-16(14)17/h5-8,12-13,17-19H,3-4,9-11H2,1-2H3. The van der Waals surface area contributed by atoms with Gasteiger partial charge in [0.2, 0.25) is 0 Å². The van der Waals surface area contributed by atoms with Crippen LogP contribution in [0.25, 0.3) is 0 Å². The number of nitrogens with one attached hydrogen (secondary N) is 1. The molecule has 3 nitrogen and oxygen atoms in total. The summed E-state index contributed by atoms with van der Waals surface area (Å²) in [5, 5.41) is 8.24. The van der Waals surface area contributed by atoms with Crippen LogP contribution in [0.15, 0.2) is 36.7 Å². The molecule has 0 saturated heterocycles. The third-order valence-electron chi connectivity index (χ3n) is 4.38. The maximum absolute atomic E-state index is 4.51. The van der Waals surface area contributed by atoms with Crippen LogP contribution in [0.4, 0.5) is 0 Å². The third-order valence-corrected chi connectivity index (χ3v) is 4.38. The van der Waals surface area contributed by atoms with Crippen molar-refractivity contribution in [3.63, 3.8) is 0 Å². The summed E-state index contributed by atoms with van der Waals surface area (Å²) < 4.78 is 2.07. The zero-order chi connectivity index (χ0) is 14.7. The van der Waals surface area contributed by atoms with Gasteiger partial charge in [-0.05, 0) is 36.9 Å². The van der Waals surface area contributed by atoms with Gasteiger partial charge < -0.3 is 5.32 Å². The number of nitrogens with zero attached hydrogens (tertiary/aromatic N) is 2. The van der Waals surface area contributed by atoms with Gasteiger partial charge in [-0.25, -0.2) is 0 Å². The SMILES string of the molecule is CCCNC(c1cnn(CCC)c1)C1Cc2ccccc21. The summed E-state index contributed by atoms with van der Waals surface area (Å²) in [5.74, 6) is 0.590. The molecule has 2 atom stereocenters. The van der Waals surface area contributed by atoms with E-state index >= 15 is 0 Å². The lowest BCUT2D eigenvalue weighted by Gasteiger charge is -2.36. The van der Waals surface area contributed by atoms with E-state index in [1.165, 1.54) is 23.1 Å². The Balaban J connectivity index is 1.81. The van der Waals surface area contributed by atoms with Crippen molar-refractivity contribution < 1.29 is 0 Å². The molecule has 112 valence electrons. The Labute approximate surface area is 127 Å². The lowest BCUT2D eigenvalue weighted by molar-refractivity contribution is 0.411. The minimum Gasteiger partial charge on any atom is -0.309 e. The molecule has 0 bridgehead atoms. The Morgan fingerprint density at radius 1 is 1.29 bits per heavy atom. The van der Waals surface area contributed by atoms with Gasteiger partial charge in [0, 0.05) is 30.3 Å². The summed E-state index contributed by atoms with van der Waals surface area (Å²) in [6.45, 7) is 6.47. The summed E-state index contributed by atoms with van der Waals surface area (Å²) in [4.78, 5) is 0. The fraction of sp³-hybridized carbons (Fsp3) is 0.500. The zero-order valence-corrected chi connectivity index (χ0v) is 13.0. The van der Waals surface area contributed by atoms with E-state index in [1.54, 1.807) is 0 Å². The molecule has 0 saturated carbocycles. The largest absolute Gasteiger partial charge is 0.309 e. The van der Waals surface area contributed by atoms with E-state index in [2.05, 4.69) is 59.4 Å². The molecule has 1 aliphatic rings. The molecule has 2 unspecified atom stereocenters. The molecule has 0 amide bonds. The highest BCUT2D eigenvalue weighted by Crippen LogP contribution is 2.43. The van der Waals surface area contributed by atoms with Crippen LogP contribution >= 0.6 is 0 Å². The molecule has 1 aromatic heterocycles. The second-order valence-corrected chi connectivity index (χ2v) is 5.98. The van der Waals surface area contributed by atoms with E-state index < -0.39 is 0 Å². The number of hydrogen-bond acceptors (Lipinski definition) is 2. The topological polar surface area (TPSA) is 29.9 Å². The second kappa shape index (κ2) is 6.44. The van der Waals surface area contributed by atoms with Crippen LogP contribution in [0.3, 0.4) is 0 Å². The van der Waals surface area contributed by atoms with Crippen molar-refractivity contribution in [1.29, 1.82) is 0 Å². The van der Waals surface area contributed by atoms with E-state index in [-0.39, 0.29) is 0 Å². The Morgan fingerprint density at radius 2 is 2.14 bits per heavy atom. The fourth-order valence-electron chi connectivity index (χ4n) is 3.28. The number of aryl methyl sites for hydroxylation is 1. The van der Waals surface area contributed by atoms with Gasteiger partial charge >= 0.3 is 0 Å². The van der Waals surface area contributed by atoms with E-state index in [1.807, 2.05) is 6.20 Å². The first-order valence-corrected chi connectivity index (χ1v) is 8.17. The van der Waals surface area contributed by atoms with Gasteiger partial charge in [0.25, 0.3) is 0 Å². The predicted molar refractivity (Wildman–Crippen MR) is 86.4 cm³/mol. The number of rotatable bonds is 7. The number of hydrogen-bond donors (Lipinski definition) is 1. The lowest BCUT2D eigenvalue weighted by Crippen LogP contribution is -2.33. The van der Waals surface area contributed by atoms with Crippen molar-refractivity contribution in [3.05, 3.63) is 53.3 Å². The summed E-state index contributed by atoms with van der Waals surface area (Å²) >= 11 is 0. The normalized spacial score (nSPS) is 18.1. The quantitative estimate of drug-likeness (QED) is 0.840. The smallest absolute Gasteiger partial charge is 0.0537 e. The van der Waals surface area contributed by atoms with Gasteiger partial charge in [0.05, 0.1) is 6.20 Å². The van der Waals surface area contributed by atoms with Gasteiger partial charge in [-0.2, -0.15) is 5.10 Å². The number of benzene rings is 1. The van der Waals surface area contributed by atoms with E-state index in [0.717, 1.165) is 25.9 Å². The fourth-order valence-corrected chi connectivity index (χ4v) is 3.28. The first kappa shape index (κ1) is 14.3. The molecule has 1 aromatic carbocycles. The molecule has 1 heterocycles. The van der Waals surface area contributed by atoms with Gasteiger partial charge in [-0.3, -0.25) is 4.68 Å². The van der Waals surface area contributed by atoms with Crippen LogP contribution in [-0.4, -0.2) is 16.3 Å². The molecule has 2 aromatic rings. The molecule has 0 radical (unpaired) electrons. The average molecular weight is 283 g/mol. The minimum atomic E-state index is 0.394. The van der Waals surface area contributed by atoms with Crippen molar-refractivity contribution in [2.45, 2.75) is 51.6 Å². The zero-order valence-electron chi connectivity index (χ0n) is 13.0. The second-order valence-electron chi connectivity index (χ2n) is 5.98. The highest BCUT2D eigenvalue weighted by atomic mass is 15.3. The van der Waals surface area contributed by atoms with Gasteiger partial charge in [0.1, 0.15) is 0 Å².